The van der Waals surface area contributed by atoms with E-state index >= 15 is 0 Å². The molecule has 1 fully saturated rings. The first kappa shape index (κ1) is 19.3. The molecule has 1 aliphatic rings. The highest BCUT2D eigenvalue weighted by Crippen LogP contribution is 2.42. The van der Waals surface area contributed by atoms with Gasteiger partial charge < -0.3 is 34.6 Å². The van der Waals surface area contributed by atoms with Crippen molar-refractivity contribution in [3.05, 3.63) is 47.5 Å². The van der Waals surface area contributed by atoms with E-state index in [-0.39, 0.29) is 34.8 Å². The van der Waals surface area contributed by atoms with Gasteiger partial charge in [0.1, 0.15) is 0 Å². The van der Waals surface area contributed by atoms with Crippen LogP contribution in [0.2, 0.25) is 0 Å². The maximum absolute atomic E-state index is 10.8. The van der Waals surface area contributed by atoms with E-state index in [0.717, 1.165) is 0 Å². The fraction of sp³-hybridized carbons (Fsp3) is 0.400. The molecule has 2 aromatic rings. The van der Waals surface area contributed by atoms with Crippen LogP contribution >= 0.6 is 0 Å². The predicted octanol–water partition coefficient (Wildman–Crippen LogP) is 2.14. The number of rotatable bonds is 6. The van der Waals surface area contributed by atoms with E-state index in [9.17, 15) is 20.4 Å². The third-order valence-electron chi connectivity index (χ3n) is 5.07. The summed E-state index contributed by atoms with van der Waals surface area (Å²) < 4.78 is 15.7. The third kappa shape index (κ3) is 3.80. The van der Waals surface area contributed by atoms with Gasteiger partial charge in [-0.2, -0.15) is 0 Å². The van der Waals surface area contributed by atoms with Crippen molar-refractivity contribution in [3.8, 4) is 23.0 Å². The Bertz CT molecular complexity index is 726. The molecule has 7 heteroatoms. The van der Waals surface area contributed by atoms with Crippen LogP contribution in [0.25, 0.3) is 0 Å². The lowest BCUT2D eigenvalue weighted by Crippen LogP contribution is -2.26. The van der Waals surface area contributed by atoms with Gasteiger partial charge in [0.05, 0.1) is 39.6 Å². The molecule has 1 saturated heterocycles. The van der Waals surface area contributed by atoms with Gasteiger partial charge in [-0.05, 0) is 35.4 Å². The quantitative estimate of drug-likeness (QED) is 0.612. The van der Waals surface area contributed by atoms with E-state index in [1.54, 1.807) is 24.3 Å². The molecule has 0 saturated carbocycles. The normalized spacial score (nSPS) is 21.6. The molecular formula is C20H24O7. The van der Waals surface area contributed by atoms with Gasteiger partial charge in [0.25, 0.3) is 0 Å². The van der Waals surface area contributed by atoms with Gasteiger partial charge in [-0.1, -0.05) is 12.1 Å². The highest BCUT2D eigenvalue weighted by Gasteiger charge is 2.39. The fourth-order valence-electron chi connectivity index (χ4n) is 3.49. The maximum atomic E-state index is 10.8. The van der Waals surface area contributed by atoms with Crippen molar-refractivity contribution < 1.29 is 34.6 Å². The standard InChI is InChI=1S/C20H24O7/c1-25-17-7-11(3-5-15(17)21)19(23)13-9-27-10-14(13)20(24)12-4-6-16(22)18(8-12)26-2/h3-8,13-14,19-24H,9-10H2,1-2H3/t13-,14-,19?,20?/m0/s1. The van der Waals surface area contributed by atoms with Crippen LogP contribution in [0.3, 0.4) is 0 Å². The van der Waals surface area contributed by atoms with Crippen molar-refractivity contribution in [1.29, 1.82) is 0 Å². The van der Waals surface area contributed by atoms with Crippen LogP contribution in [0.15, 0.2) is 36.4 Å². The van der Waals surface area contributed by atoms with Crippen molar-refractivity contribution in [2.75, 3.05) is 27.4 Å². The van der Waals surface area contributed by atoms with Crippen LogP contribution in [0, 0.1) is 11.8 Å². The van der Waals surface area contributed by atoms with Gasteiger partial charge >= 0.3 is 0 Å². The summed E-state index contributed by atoms with van der Waals surface area (Å²) in [6, 6.07) is 9.31. The maximum Gasteiger partial charge on any atom is 0.160 e. The highest BCUT2D eigenvalue weighted by atomic mass is 16.5. The van der Waals surface area contributed by atoms with Crippen LogP contribution < -0.4 is 9.47 Å². The van der Waals surface area contributed by atoms with Gasteiger partial charge in [-0.15, -0.1) is 0 Å². The van der Waals surface area contributed by atoms with Gasteiger partial charge in [0, 0.05) is 11.8 Å². The lowest BCUT2D eigenvalue weighted by Gasteiger charge is -2.27. The number of aliphatic hydroxyl groups excluding tert-OH is 2. The number of ether oxygens (including phenoxy) is 3. The van der Waals surface area contributed by atoms with E-state index in [1.807, 2.05) is 0 Å². The topological polar surface area (TPSA) is 109 Å². The number of methoxy groups -OCH3 is 2. The highest BCUT2D eigenvalue weighted by molar-refractivity contribution is 5.43. The van der Waals surface area contributed by atoms with Crippen molar-refractivity contribution in [2.45, 2.75) is 12.2 Å². The molecule has 2 unspecified atom stereocenters. The first-order valence-corrected chi connectivity index (χ1v) is 8.64. The second kappa shape index (κ2) is 8.04. The second-order valence-electron chi connectivity index (χ2n) is 6.62. The lowest BCUT2D eigenvalue weighted by atomic mass is 9.81. The average molecular weight is 376 g/mol. The zero-order valence-electron chi connectivity index (χ0n) is 15.2. The van der Waals surface area contributed by atoms with E-state index < -0.39 is 12.2 Å². The van der Waals surface area contributed by atoms with Gasteiger partial charge in [-0.3, -0.25) is 0 Å². The first-order valence-electron chi connectivity index (χ1n) is 8.64. The summed E-state index contributed by atoms with van der Waals surface area (Å²) >= 11 is 0. The van der Waals surface area contributed by atoms with Crippen LogP contribution in [0.1, 0.15) is 23.3 Å². The average Bonchev–Trinajstić information content (AvgIpc) is 3.17. The Balaban J connectivity index is 1.84. The molecule has 1 aliphatic heterocycles. The SMILES string of the molecule is COc1cc(C(O)[C@H]2COC[C@@H]2C(O)c2ccc(O)c(OC)c2)ccc1O. The van der Waals surface area contributed by atoms with E-state index in [1.165, 1.54) is 26.4 Å². The minimum atomic E-state index is -0.902. The molecule has 4 atom stereocenters. The lowest BCUT2D eigenvalue weighted by molar-refractivity contribution is 0.0302. The summed E-state index contributed by atoms with van der Waals surface area (Å²) in [4.78, 5) is 0. The number of benzene rings is 2. The number of aliphatic hydroxyl groups is 2. The van der Waals surface area contributed by atoms with Crippen LogP contribution in [-0.2, 0) is 4.74 Å². The Kier molecular flexibility index (Phi) is 5.74. The van der Waals surface area contributed by atoms with Crippen molar-refractivity contribution >= 4 is 0 Å². The zero-order valence-corrected chi connectivity index (χ0v) is 15.2. The molecule has 0 aliphatic carbocycles. The molecule has 0 radical (unpaired) electrons. The first-order chi connectivity index (χ1) is 13.0. The number of aromatic hydroxyl groups is 2. The van der Waals surface area contributed by atoms with Crippen LogP contribution in [0.4, 0.5) is 0 Å². The number of phenolic OH excluding ortho intramolecular Hbond substituents is 2. The summed E-state index contributed by atoms with van der Waals surface area (Å²) in [5.74, 6) is -0.187. The summed E-state index contributed by atoms with van der Waals surface area (Å²) in [6.07, 6.45) is -1.80. The van der Waals surface area contributed by atoms with Crippen molar-refractivity contribution in [2.24, 2.45) is 11.8 Å². The Morgan fingerprint density at radius 3 is 1.59 bits per heavy atom. The smallest absolute Gasteiger partial charge is 0.160 e. The molecule has 27 heavy (non-hydrogen) atoms. The zero-order chi connectivity index (χ0) is 19.6. The second-order valence-corrected chi connectivity index (χ2v) is 6.62. The molecule has 146 valence electrons. The summed E-state index contributed by atoms with van der Waals surface area (Å²) in [5.41, 5.74) is 1.14. The van der Waals surface area contributed by atoms with Crippen LogP contribution in [-0.4, -0.2) is 47.9 Å². The molecular weight excluding hydrogens is 352 g/mol. The number of hydrogen-bond acceptors (Lipinski definition) is 7. The van der Waals surface area contributed by atoms with Crippen molar-refractivity contribution in [1.82, 2.24) is 0 Å². The molecule has 7 nitrogen and oxygen atoms in total. The molecule has 0 amide bonds. The summed E-state index contributed by atoms with van der Waals surface area (Å²) in [6.45, 7) is 0.586. The number of hydrogen-bond donors (Lipinski definition) is 4. The van der Waals surface area contributed by atoms with Gasteiger partial charge in [0.2, 0.25) is 0 Å². The molecule has 1 heterocycles. The molecule has 4 N–H and O–H groups in total. The van der Waals surface area contributed by atoms with E-state index in [2.05, 4.69) is 0 Å². The number of phenols is 2. The van der Waals surface area contributed by atoms with Gasteiger partial charge in [-0.25, -0.2) is 0 Å². The monoisotopic (exact) mass is 376 g/mol. The minimum absolute atomic E-state index is 0.0103. The minimum Gasteiger partial charge on any atom is -0.504 e. The Hall–Kier alpha value is -2.48. The molecule has 0 bridgehead atoms. The van der Waals surface area contributed by atoms with E-state index in [0.29, 0.717) is 24.3 Å². The van der Waals surface area contributed by atoms with E-state index in [4.69, 9.17) is 14.2 Å². The molecule has 2 aromatic carbocycles. The Labute approximate surface area is 157 Å². The van der Waals surface area contributed by atoms with Crippen LogP contribution in [0.5, 0.6) is 23.0 Å². The Morgan fingerprint density at radius 1 is 0.815 bits per heavy atom. The molecule has 3 rings (SSSR count). The van der Waals surface area contributed by atoms with Gasteiger partial charge in [0.15, 0.2) is 23.0 Å². The largest absolute Gasteiger partial charge is 0.504 e. The molecule has 0 spiro atoms. The summed E-state index contributed by atoms with van der Waals surface area (Å²) in [5, 5.41) is 41.2. The predicted molar refractivity (Wildman–Crippen MR) is 97.0 cm³/mol. The Morgan fingerprint density at radius 2 is 1.22 bits per heavy atom. The fourth-order valence-corrected chi connectivity index (χ4v) is 3.49. The van der Waals surface area contributed by atoms with Crippen molar-refractivity contribution in [3.63, 3.8) is 0 Å². The third-order valence-corrected chi connectivity index (χ3v) is 5.07. The summed E-state index contributed by atoms with van der Waals surface area (Å²) in [7, 11) is 2.88. The molecule has 0 aromatic heterocycles.